The van der Waals surface area contributed by atoms with Gasteiger partial charge in [-0.15, -0.1) is 0 Å². The number of benzene rings is 3. The van der Waals surface area contributed by atoms with Crippen molar-refractivity contribution in [2.45, 2.75) is 44.2 Å². The van der Waals surface area contributed by atoms with Crippen LogP contribution in [0.3, 0.4) is 0 Å². The summed E-state index contributed by atoms with van der Waals surface area (Å²) in [6, 6.07) is 30.3. The van der Waals surface area contributed by atoms with Gasteiger partial charge in [-0.05, 0) is 54.0 Å². The first-order valence-electron chi connectivity index (χ1n) is 12.5. The van der Waals surface area contributed by atoms with Gasteiger partial charge in [-0.25, -0.2) is 9.13 Å². The molecule has 0 aliphatic heterocycles. The van der Waals surface area contributed by atoms with E-state index >= 15 is 0 Å². The number of rotatable bonds is 7. The summed E-state index contributed by atoms with van der Waals surface area (Å²) in [6.45, 7) is 2.90. The Morgan fingerprint density at radius 2 is 1.61 bits per heavy atom. The first kappa shape index (κ1) is 23.6. The van der Waals surface area contributed by atoms with Gasteiger partial charge >= 0.3 is 0 Å². The molecule has 2 N–H and O–H groups in total. The van der Waals surface area contributed by atoms with Crippen LogP contribution in [-0.2, 0) is 16.8 Å². The number of nitriles is 1. The number of imidazole rings is 1. The average Bonchev–Trinajstić information content (AvgIpc) is 3.53. The molecule has 5 nitrogen and oxygen atoms in total. The molecular weight excluding hydrogens is 444 g/mol. The summed E-state index contributed by atoms with van der Waals surface area (Å²) in [5.74, 6) is 0.985. The zero-order valence-electron chi connectivity index (χ0n) is 20.5. The van der Waals surface area contributed by atoms with Gasteiger partial charge in [0.1, 0.15) is 30.4 Å². The molecule has 1 saturated carbocycles. The normalized spacial score (nSPS) is 17.6. The van der Waals surface area contributed by atoms with Crippen molar-refractivity contribution < 1.29 is 9.36 Å². The Kier molecular flexibility index (Phi) is 6.43. The lowest BCUT2D eigenvalue weighted by Gasteiger charge is -2.37. The largest absolute Gasteiger partial charge is 0.369 e. The minimum Gasteiger partial charge on any atom is -0.369 e. The van der Waals surface area contributed by atoms with Gasteiger partial charge in [-0.1, -0.05) is 72.8 Å². The number of carbonyl (C=O) groups excluding carboxylic acids is 1. The van der Waals surface area contributed by atoms with Crippen molar-refractivity contribution in [2.24, 2.45) is 11.7 Å². The molecule has 0 spiro atoms. The van der Waals surface area contributed by atoms with Crippen LogP contribution in [0.1, 0.15) is 53.4 Å². The molecule has 36 heavy (non-hydrogen) atoms. The van der Waals surface area contributed by atoms with Gasteiger partial charge in [0.25, 0.3) is 5.82 Å². The third-order valence-corrected chi connectivity index (χ3v) is 7.89. The Labute approximate surface area is 212 Å². The highest BCUT2D eigenvalue weighted by molar-refractivity contribution is 5.91. The van der Waals surface area contributed by atoms with Crippen LogP contribution in [0.2, 0.25) is 0 Å². The average molecular weight is 476 g/mol. The first-order valence-corrected chi connectivity index (χ1v) is 12.5. The number of amides is 1. The number of hydrogen-bond acceptors (Lipinski definition) is 2. The summed E-state index contributed by atoms with van der Waals surface area (Å²) in [6.07, 6.45) is 7.06. The third kappa shape index (κ3) is 4.09. The van der Waals surface area contributed by atoms with Crippen molar-refractivity contribution in [1.82, 2.24) is 4.57 Å². The SMILES string of the molecule is Cc1n([C@@H]2CC[C@H](C(C(N)=O)(c3ccccc3)c3ccccc3)C2)cc[n+]1Cc1ccc(C#N)cc1. The van der Waals surface area contributed by atoms with E-state index in [1.54, 1.807) is 0 Å². The Morgan fingerprint density at radius 1 is 1.00 bits per heavy atom. The second-order valence-corrected chi connectivity index (χ2v) is 9.76. The highest BCUT2D eigenvalue weighted by Gasteiger charge is 2.51. The molecule has 0 unspecified atom stereocenters. The lowest BCUT2D eigenvalue weighted by atomic mass is 9.64. The summed E-state index contributed by atoms with van der Waals surface area (Å²) in [7, 11) is 0. The molecule has 1 fully saturated rings. The lowest BCUT2D eigenvalue weighted by Crippen LogP contribution is -2.47. The van der Waals surface area contributed by atoms with Gasteiger partial charge < -0.3 is 5.73 Å². The molecule has 1 aliphatic rings. The van der Waals surface area contributed by atoms with Crippen molar-refractivity contribution in [1.29, 1.82) is 5.26 Å². The van der Waals surface area contributed by atoms with E-state index in [2.05, 4.69) is 34.5 Å². The van der Waals surface area contributed by atoms with Gasteiger partial charge in [-0.3, -0.25) is 4.79 Å². The Balaban J connectivity index is 1.45. The van der Waals surface area contributed by atoms with Gasteiger partial charge in [0, 0.05) is 6.92 Å². The fourth-order valence-corrected chi connectivity index (χ4v) is 6.08. The monoisotopic (exact) mass is 475 g/mol. The second-order valence-electron chi connectivity index (χ2n) is 9.76. The standard InChI is InChI=1S/C31H30N4O/c1-23-34(22-25-14-12-24(21-32)13-15-25)18-19-35(23)29-17-16-28(20-29)31(30(33)36,26-8-4-2-5-9-26)27-10-6-3-7-11-27/h2-15,18-19,28-29H,16-17,20,22H2,1H3,(H-,33,36)/p+1/t28-,29+/m0/s1. The fourth-order valence-electron chi connectivity index (χ4n) is 6.08. The molecule has 1 aliphatic carbocycles. The second kappa shape index (κ2) is 9.83. The number of primary amides is 1. The Morgan fingerprint density at radius 3 is 2.17 bits per heavy atom. The highest BCUT2D eigenvalue weighted by atomic mass is 16.1. The van der Waals surface area contributed by atoms with E-state index in [0.717, 1.165) is 42.5 Å². The Hall–Kier alpha value is -4.17. The van der Waals surface area contributed by atoms with Crippen molar-refractivity contribution >= 4 is 5.91 Å². The maximum atomic E-state index is 13.4. The van der Waals surface area contributed by atoms with Crippen LogP contribution in [0.15, 0.2) is 97.3 Å². The van der Waals surface area contributed by atoms with Gasteiger partial charge in [0.2, 0.25) is 5.91 Å². The fraction of sp³-hybridized carbons (Fsp3) is 0.258. The lowest BCUT2D eigenvalue weighted by molar-refractivity contribution is -0.694. The van der Waals surface area contributed by atoms with Crippen LogP contribution in [-0.4, -0.2) is 10.5 Å². The smallest absolute Gasteiger partial charge is 0.253 e. The molecule has 2 atom stereocenters. The molecule has 4 aromatic rings. The summed E-state index contributed by atoms with van der Waals surface area (Å²) in [4.78, 5) is 13.4. The van der Waals surface area contributed by atoms with E-state index in [-0.39, 0.29) is 11.8 Å². The number of hydrogen-bond donors (Lipinski definition) is 1. The van der Waals surface area contributed by atoms with Crippen LogP contribution in [0.25, 0.3) is 0 Å². The number of nitrogens with zero attached hydrogens (tertiary/aromatic N) is 3. The van der Waals surface area contributed by atoms with E-state index < -0.39 is 5.41 Å². The van der Waals surface area contributed by atoms with Crippen LogP contribution in [0.4, 0.5) is 0 Å². The molecule has 5 heteroatoms. The van der Waals surface area contributed by atoms with Crippen molar-refractivity contribution in [3.63, 3.8) is 0 Å². The molecule has 0 radical (unpaired) electrons. The van der Waals surface area contributed by atoms with Crippen LogP contribution < -0.4 is 10.3 Å². The zero-order valence-corrected chi connectivity index (χ0v) is 20.5. The first-order chi connectivity index (χ1) is 17.5. The zero-order chi connectivity index (χ0) is 25.1. The molecule has 1 aromatic heterocycles. The van der Waals surface area contributed by atoms with Crippen molar-refractivity contribution in [3.8, 4) is 6.07 Å². The van der Waals surface area contributed by atoms with Crippen molar-refractivity contribution in [2.75, 3.05) is 0 Å². The summed E-state index contributed by atoms with van der Waals surface area (Å²) < 4.78 is 4.59. The van der Waals surface area contributed by atoms with E-state index in [1.807, 2.05) is 84.9 Å². The predicted molar refractivity (Wildman–Crippen MR) is 139 cm³/mol. The molecule has 180 valence electrons. The molecule has 5 rings (SSSR count). The van der Waals surface area contributed by atoms with Crippen LogP contribution >= 0.6 is 0 Å². The minimum atomic E-state index is -0.864. The number of aromatic nitrogens is 2. The topological polar surface area (TPSA) is 75.7 Å². The molecular formula is C31H31N4O+. The molecule has 3 aromatic carbocycles. The van der Waals surface area contributed by atoms with E-state index in [1.165, 1.54) is 5.82 Å². The van der Waals surface area contributed by atoms with E-state index in [9.17, 15) is 4.79 Å². The Bertz CT molecular complexity index is 1340. The van der Waals surface area contributed by atoms with Gasteiger partial charge in [0.15, 0.2) is 0 Å². The van der Waals surface area contributed by atoms with Crippen molar-refractivity contribution in [3.05, 3.63) is 125 Å². The molecule has 1 amide bonds. The van der Waals surface area contributed by atoms with Gasteiger partial charge in [0.05, 0.1) is 11.6 Å². The molecule has 0 saturated heterocycles. The maximum Gasteiger partial charge on any atom is 0.253 e. The van der Waals surface area contributed by atoms with Crippen LogP contribution in [0.5, 0.6) is 0 Å². The minimum absolute atomic E-state index is 0.0959. The third-order valence-electron chi connectivity index (χ3n) is 7.89. The summed E-state index contributed by atoms with van der Waals surface area (Å²) >= 11 is 0. The van der Waals surface area contributed by atoms with E-state index in [0.29, 0.717) is 11.6 Å². The maximum absolute atomic E-state index is 13.4. The predicted octanol–water partition coefficient (Wildman–Crippen LogP) is 4.82. The quantitative estimate of drug-likeness (QED) is 0.389. The number of carbonyl (C=O) groups is 1. The summed E-state index contributed by atoms with van der Waals surface area (Å²) in [5.41, 5.74) is 9.17. The molecule has 0 bridgehead atoms. The molecule has 1 heterocycles. The highest BCUT2D eigenvalue weighted by Crippen LogP contribution is 2.49. The number of nitrogens with two attached hydrogens (primary N) is 1. The summed E-state index contributed by atoms with van der Waals surface area (Å²) in [5, 5.41) is 9.06. The van der Waals surface area contributed by atoms with Gasteiger partial charge in [-0.2, -0.15) is 5.26 Å². The van der Waals surface area contributed by atoms with Crippen LogP contribution in [0, 0.1) is 24.2 Å². The van der Waals surface area contributed by atoms with E-state index in [4.69, 9.17) is 11.0 Å².